The Morgan fingerprint density at radius 1 is 1.33 bits per heavy atom. The van der Waals surface area contributed by atoms with Gasteiger partial charge in [-0.05, 0) is 38.5 Å². The average molecular weight is 307 g/mol. The largest absolute Gasteiger partial charge is 0.389 e. The molecule has 0 bridgehead atoms. The molecule has 116 valence electrons. The van der Waals surface area contributed by atoms with Crippen molar-refractivity contribution >= 4 is 17.2 Å². The summed E-state index contributed by atoms with van der Waals surface area (Å²) in [5.74, 6) is 0. The minimum Gasteiger partial charge on any atom is -0.389 e. The highest BCUT2D eigenvalue weighted by Gasteiger charge is 2.14. The van der Waals surface area contributed by atoms with Gasteiger partial charge in [-0.1, -0.05) is 36.5 Å². The maximum absolute atomic E-state index is 10.3. The standard InChI is InChI=1S/C16H25N3OS/c1-18(10-11-19-8-2-3-9-19)12-15(20)13-4-6-14(7-5-13)16(17)21/h4-7,15,20H,2-3,8-12H2,1H3,(H2,17,21). The van der Waals surface area contributed by atoms with Crippen molar-refractivity contribution in [2.24, 2.45) is 5.73 Å². The molecule has 3 N–H and O–H groups in total. The molecule has 1 atom stereocenters. The monoisotopic (exact) mass is 307 g/mol. The quantitative estimate of drug-likeness (QED) is 0.746. The first-order valence-electron chi connectivity index (χ1n) is 7.55. The number of aliphatic hydroxyl groups is 1. The fourth-order valence-corrected chi connectivity index (χ4v) is 2.82. The molecule has 1 aliphatic rings. The Labute approximate surface area is 132 Å². The van der Waals surface area contributed by atoms with Gasteiger partial charge in [-0.25, -0.2) is 0 Å². The molecule has 1 aromatic rings. The molecule has 1 saturated heterocycles. The number of likely N-dealkylation sites (tertiary alicyclic amines) is 1. The number of thiocarbonyl (C=S) groups is 1. The first kappa shape index (κ1) is 16.4. The summed E-state index contributed by atoms with van der Waals surface area (Å²) in [5, 5.41) is 10.3. The van der Waals surface area contributed by atoms with Crippen LogP contribution in [-0.2, 0) is 0 Å². The van der Waals surface area contributed by atoms with Gasteiger partial charge in [-0.15, -0.1) is 0 Å². The molecule has 1 heterocycles. The van der Waals surface area contributed by atoms with Crippen LogP contribution in [0.25, 0.3) is 0 Å². The molecule has 2 rings (SSSR count). The third-order valence-corrected chi connectivity index (χ3v) is 4.30. The molecule has 1 fully saturated rings. The second kappa shape index (κ2) is 7.84. The van der Waals surface area contributed by atoms with E-state index in [0.29, 0.717) is 11.5 Å². The lowest BCUT2D eigenvalue weighted by Crippen LogP contribution is -2.33. The molecule has 0 spiro atoms. The van der Waals surface area contributed by atoms with Crippen molar-refractivity contribution in [2.45, 2.75) is 18.9 Å². The van der Waals surface area contributed by atoms with Crippen LogP contribution in [0.1, 0.15) is 30.1 Å². The van der Waals surface area contributed by atoms with E-state index in [2.05, 4.69) is 16.8 Å². The molecule has 5 heteroatoms. The fourth-order valence-electron chi connectivity index (χ4n) is 2.68. The summed E-state index contributed by atoms with van der Waals surface area (Å²) in [6, 6.07) is 7.52. The Bertz CT molecular complexity index is 457. The highest BCUT2D eigenvalue weighted by Crippen LogP contribution is 2.15. The first-order valence-corrected chi connectivity index (χ1v) is 7.96. The van der Waals surface area contributed by atoms with Crippen LogP contribution in [0, 0.1) is 0 Å². The number of nitrogens with zero attached hydrogens (tertiary/aromatic N) is 2. The molecule has 0 aliphatic carbocycles. The molecular weight excluding hydrogens is 282 g/mol. The summed E-state index contributed by atoms with van der Waals surface area (Å²) in [6.45, 7) is 5.15. The van der Waals surface area contributed by atoms with Crippen molar-refractivity contribution in [3.63, 3.8) is 0 Å². The number of benzene rings is 1. The van der Waals surface area contributed by atoms with Gasteiger partial charge in [-0.3, -0.25) is 0 Å². The van der Waals surface area contributed by atoms with Gasteiger partial charge in [0.1, 0.15) is 4.99 Å². The van der Waals surface area contributed by atoms with Crippen molar-refractivity contribution in [3.8, 4) is 0 Å². The van der Waals surface area contributed by atoms with Crippen molar-refractivity contribution in [3.05, 3.63) is 35.4 Å². The molecule has 0 amide bonds. The number of hydrogen-bond acceptors (Lipinski definition) is 4. The Hall–Kier alpha value is -1.01. The van der Waals surface area contributed by atoms with Crippen LogP contribution >= 0.6 is 12.2 Å². The van der Waals surface area contributed by atoms with Gasteiger partial charge in [0, 0.05) is 25.2 Å². The van der Waals surface area contributed by atoms with E-state index in [1.807, 2.05) is 24.3 Å². The molecule has 0 radical (unpaired) electrons. The van der Waals surface area contributed by atoms with Gasteiger partial charge >= 0.3 is 0 Å². The summed E-state index contributed by atoms with van der Waals surface area (Å²) in [5.41, 5.74) is 7.32. The van der Waals surface area contributed by atoms with Crippen molar-refractivity contribution in [1.82, 2.24) is 9.80 Å². The van der Waals surface area contributed by atoms with Crippen LogP contribution in [0.3, 0.4) is 0 Å². The lowest BCUT2D eigenvalue weighted by atomic mass is 10.1. The number of rotatable bonds is 7. The Kier molecular flexibility index (Phi) is 6.11. The Morgan fingerprint density at radius 2 is 1.95 bits per heavy atom. The number of likely N-dealkylation sites (N-methyl/N-ethyl adjacent to an activating group) is 1. The van der Waals surface area contributed by atoms with Crippen molar-refractivity contribution in [2.75, 3.05) is 39.8 Å². The minimum atomic E-state index is -0.478. The van der Waals surface area contributed by atoms with Crippen molar-refractivity contribution in [1.29, 1.82) is 0 Å². The zero-order chi connectivity index (χ0) is 15.2. The normalized spacial score (nSPS) is 17.3. The summed E-state index contributed by atoms with van der Waals surface area (Å²) >= 11 is 4.93. The second-order valence-electron chi connectivity index (χ2n) is 5.81. The van der Waals surface area contributed by atoms with Crippen LogP contribution in [0.5, 0.6) is 0 Å². The van der Waals surface area contributed by atoms with Gasteiger partial charge in [0.2, 0.25) is 0 Å². The zero-order valence-corrected chi connectivity index (χ0v) is 13.5. The number of nitrogens with two attached hydrogens (primary N) is 1. The minimum absolute atomic E-state index is 0.388. The molecule has 1 aromatic carbocycles. The SMILES string of the molecule is CN(CCN1CCCC1)CC(O)c1ccc(C(N)=S)cc1. The summed E-state index contributed by atoms with van der Waals surface area (Å²) in [4.78, 5) is 5.06. The van der Waals surface area contributed by atoms with Gasteiger partial charge < -0.3 is 20.6 Å². The first-order chi connectivity index (χ1) is 10.1. The van der Waals surface area contributed by atoms with Crippen molar-refractivity contribution < 1.29 is 5.11 Å². The average Bonchev–Trinajstić information content (AvgIpc) is 2.98. The molecule has 1 unspecified atom stereocenters. The Balaban J connectivity index is 1.79. The highest BCUT2D eigenvalue weighted by molar-refractivity contribution is 7.80. The third kappa shape index (κ3) is 5.04. The van der Waals surface area contributed by atoms with E-state index < -0.39 is 6.10 Å². The smallest absolute Gasteiger partial charge is 0.103 e. The van der Waals surface area contributed by atoms with Crippen LogP contribution in [0.4, 0.5) is 0 Å². The van der Waals surface area contributed by atoms with Gasteiger partial charge in [-0.2, -0.15) is 0 Å². The zero-order valence-electron chi connectivity index (χ0n) is 12.7. The predicted octanol–water partition coefficient (Wildman–Crippen LogP) is 1.38. The van der Waals surface area contributed by atoms with E-state index in [1.165, 1.54) is 25.9 Å². The molecular formula is C16H25N3OS. The maximum atomic E-state index is 10.3. The van der Waals surface area contributed by atoms with E-state index in [0.717, 1.165) is 24.2 Å². The van der Waals surface area contributed by atoms with Gasteiger partial charge in [0.15, 0.2) is 0 Å². The third-order valence-electron chi connectivity index (χ3n) is 4.06. The van der Waals surface area contributed by atoms with E-state index in [-0.39, 0.29) is 0 Å². The summed E-state index contributed by atoms with van der Waals surface area (Å²) < 4.78 is 0. The Morgan fingerprint density at radius 3 is 2.52 bits per heavy atom. The van der Waals surface area contributed by atoms with Gasteiger partial charge in [0.05, 0.1) is 6.10 Å². The number of aliphatic hydroxyl groups excluding tert-OH is 1. The molecule has 4 nitrogen and oxygen atoms in total. The van der Waals surface area contributed by atoms with Crippen LogP contribution in [0.2, 0.25) is 0 Å². The van der Waals surface area contributed by atoms with E-state index in [4.69, 9.17) is 18.0 Å². The molecule has 0 aromatic heterocycles. The summed E-state index contributed by atoms with van der Waals surface area (Å²) in [7, 11) is 2.06. The topological polar surface area (TPSA) is 52.7 Å². The fraction of sp³-hybridized carbons (Fsp3) is 0.562. The molecule has 21 heavy (non-hydrogen) atoms. The number of hydrogen-bond donors (Lipinski definition) is 2. The van der Waals surface area contributed by atoms with E-state index in [9.17, 15) is 5.11 Å². The predicted molar refractivity (Wildman–Crippen MR) is 90.5 cm³/mol. The maximum Gasteiger partial charge on any atom is 0.103 e. The molecule has 1 aliphatic heterocycles. The van der Waals surface area contributed by atoms with Crippen LogP contribution < -0.4 is 5.73 Å². The summed E-state index contributed by atoms with van der Waals surface area (Å²) in [6.07, 6.45) is 2.16. The lowest BCUT2D eigenvalue weighted by molar-refractivity contribution is 0.121. The van der Waals surface area contributed by atoms with Crippen LogP contribution in [0.15, 0.2) is 24.3 Å². The lowest BCUT2D eigenvalue weighted by Gasteiger charge is -2.23. The van der Waals surface area contributed by atoms with Crippen LogP contribution in [-0.4, -0.2) is 59.7 Å². The van der Waals surface area contributed by atoms with E-state index in [1.54, 1.807) is 0 Å². The molecule has 0 saturated carbocycles. The van der Waals surface area contributed by atoms with E-state index >= 15 is 0 Å². The second-order valence-corrected chi connectivity index (χ2v) is 6.25. The van der Waals surface area contributed by atoms with Gasteiger partial charge in [0.25, 0.3) is 0 Å². The highest BCUT2D eigenvalue weighted by atomic mass is 32.1.